The first-order valence-corrected chi connectivity index (χ1v) is 8.38. The zero-order valence-corrected chi connectivity index (χ0v) is 14.4. The van der Waals surface area contributed by atoms with E-state index >= 15 is 0 Å². The Kier molecular flexibility index (Phi) is 4.31. The molecule has 4 nitrogen and oxygen atoms in total. The Bertz CT molecular complexity index is 714. The van der Waals surface area contributed by atoms with E-state index in [0.717, 1.165) is 12.0 Å². The lowest BCUT2D eigenvalue weighted by molar-refractivity contribution is -0.154. The zero-order valence-electron chi connectivity index (χ0n) is 14.4. The maximum atomic E-state index is 12.7. The maximum Gasteiger partial charge on any atom is 0.355 e. The molecule has 1 aliphatic carbocycles. The quantitative estimate of drug-likeness (QED) is 0.770. The van der Waals surface area contributed by atoms with Gasteiger partial charge in [0, 0.05) is 6.20 Å². The van der Waals surface area contributed by atoms with Crippen molar-refractivity contribution in [3.63, 3.8) is 0 Å². The summed E-state index contributed by atoms with van der Waals surface area (Å²) in [4.78, 5) is 26.4. The predicted molar refractivity (Wildman–Crippen MR) is 91.9 cm³/mol. The lowest BCUT2D eigenvalue weighted by Gasteiger charge is -2.33. The monoisotopic (exact) mass is 325 g/mol. The summed E-state index contributed by atoms with van der Waals surface area (Å²) in [5.74, 6) is -0.476. The Morgan fingerprint density at radius 3 is 2.46 bits per heavy atom. The predicted octanol–water partition coefficient (Wildman–Crippen LogP) is 3.91. The van der Waals surface area contributed by atoms with Gasteiger partial charge in [0.15, 0.2) is 11.4 Å². The van der Waals surface area contributed by atoms with Crippen LogP contribution in [0.2, 0.25) is 0 Å². The number of hydrogen-bond acceptors (Lipinski definition) is 4. The fourth-order valence-corrected chi connectivity index (χ4v) is 2.99. The molecule has 2 aliphatic rings. The minimum absolute atomic E-state index is 0.00716. The summed E-state index contributed by atoms with van der Waals surface area (Å²) in [5.41, 5.74) is 1.94. The van der Waals surface area contributed by atoms with E-state index in [9.17, 15) is 9.59 Å². The molecule has 1 aromatic rings. The van der Waals surface area contributed by atoms with E-state index in [1.807, 2.05) is 54.4 Å². The number of benzene rings is 1. The molecule has 0 radical (unpaired) electrons. The molecule has 0 bridgehead atoms. The summed E-state index contributed by atoms with van der Waals surface area (Å²) >= 11 is 0. The van der Waals surface area contributed by atoms with Gasteiger partial charge in [-0.25, -0.2) is 4.79 Å². The smallest absolute Gasteiger partial charge is 0.355 e. The second-order valence-corrected chi connectivity index (χ2v) is 6.70. The Morgan fingerprint density at radius 1 is 1.21 bits per heavy atom. The molecule has 126 valence electrons. The molecular formula is C20H23NO3. The number of allylic oxidation sites excluding steroid dienone is 2. The van der Waals surface area contributed by atoms with Gasteiger partial charge in [-0.2, -0.15) is 0 Å². The van der Waals surface area contributed by atoms with Crippen LogP contribution in [0.1, 0.15) is 51.6 Å². The summed E-state index contributed by atoms with van der Waals surface area (Å²) in [6, 6.07) is 10.0. The molecule has 1 unspecified atom stereocenters. The van der Waals surface area contributed by atoms with Gasteiger partial charge in [0.25, 0.3) is 0 Å². The third-order valence-electron chi connectivity index (χ3n) is 4.80. The standard InChI is InChI=1S/C20H23NO3/c1-14-9-10-18(19(23)24-20(11-12-20)16(3)22)21(13-14)15(2)17-7-5-4-6-8-17/h4-8,10,13,15H,9,11-12H2,1-3H3. The first-order chi connectivity index (χ1) is 11.4. The van der Waals surface area contributed by atoms with Gasteiger partial charge in [-0.15, -0.1) is 0 Å². The first-order valence-electron chi connectivity index (χ1n) is 8.38. The summed E-state index contributed by atoms with van der Waals surface area (Å²) < 4.78 is 5.57. The van der Waals surface area contributed by atoms with Crippen LogP contribution in [0.25, 0.3) is 0 Å². The van der Waals surface area contributed by atoms with Crippen molar-refractivity contribution < 1.29 is 14.3 Å². The molecule has 1 heterocycles. The average molecular weight is 325 g/mol. The molecular weight excluding hydrogens is 302 g/mol. The van der Waals surface area contributed by atoms with Crippen molar-refractivity contribution in [1.29, 1.82) is 0 Å². The van der Waals surface area contributed by atoms with Crippen LogP contribution in [-0.4, -0.2) is 22.3 Å². The lowest BCUT2D eigenvalue weighted by Crippen LogP contribution is -2.34. The van der Waals surface area contributed by atoms with Crippen LogP contribution in [-0.2, 0) is 14.3 Å². The fraction of sp³-hybridized carbons (Fsp3) is 0.400. The van der Waals surface area contributed by atoms with Crippen molar-refractivity contribution in [1.82, 2.24) is 4.90 Å². The molecule has 1 fully saturated rings. The van der Waals surface area contributed by atoms with Gasteiger partial charge in [-0.3, -0.25) is 4.79 Å². The van der Waals surface area contributed by atoms with Crippen LogP contribution in [0.4, 0.5) is 0 Å². The largest absolute Gasteiger partial charge is 0.446 e. The summed E-state index contributed by atoms with van der Waals surface area (Å²) in [5, 5.41) is 0. The normalized spacial score (nSPS) is 19.9. The summed E-state index contributed by atoms with van der Waals surface area (Å²) in [6.45, 7) is 5.59. The molecule has 0 aromatic heterocycles. The SMILES string of the molecule is CC(=O)C1(OC(=O)C2=CCC(C)=CN2C(C)c2ccccc2)CC1. The third kappa shape index (κ3) is 3.14. The van der Waals surface area contributed by atoms with Crippen molar-refractivity contribution in [2.45, 2.75) is 51.7 Å². The molecule has 0 spiro atoms. The van der Waals surface area contributed by atoms with E-state index in [-0.39, 0.29) is 11.8 Å². The number of carbonyl (C=O) groups excluding carboxylic acids is 2. The number of ether oxygens (including phenoxy) is 1. The van der Waals surface area contributed by atoms with E-state index in [1.165, 1.54) is 12.5 Å². The Labute approximate surface area is 142 Å². The van der Waals surface area contributed by atoms with E-state index in [2.05, 4.69) is 6.92 Å². The molecule has 0 amide bonds. The highest BCUT2D eigenvalue weighted by atomic mass is 16.6. The maximum absolute atomic E-state index is 12.7. The Balaban J connectivity index is 1.83. The average Bonchev–Trinajstić information content (AvgIpc) is 3.35. The minimum atomic E-state index is -0.879. The molecule has 3 rings (SSSR count). The van der Waals surface area contributed by atoms with Crippen LogP contribution in [0.15, 0.2) is 53.9 Å². The number of ketones is 1. The summed E-state index contributed by atoms with van der Waals surface area (Å²) in [7, 11) is 0. The highest BCUT2D eigenvalue weighted by Gasteiger charge is 2.52. The molecule has 1 saturated carbocycles. The van der Waals surface area contributed by atoms with E-state index in [1.54, 1.807) is 0 Å². The molecule has 1 aromatic carbocycles. The van der Waals surface area contributed by atoms with Gasteiger partial charge in [-0.1, -0.05) is 35.9 Å². The second-order valence-electron chi connectivity index (χ2n) is 6.70. The van der Waals surface area contributed by atoms with Crippen molar-refractivity contribution >= 4 is 11.8 Å². The number of rotatable bonds is 5. The van der Waals surface area contributed by atoms with Crippen LogP contribution in [0, 0.1) is 0 Å². The van der Waals surface area contributed by atoms with Gasteiger partial charge in [0.1, 0.15) is 5.70 Å². The van der Waals surface area contributed by atoms with Crippen molar-refractivity contribution in [3.05, 3.63) is 59.4 Å². The van der Waals surface area contributed by atoms with Gasteiger partial charge >= 0.3 is 5.97 Å². The number of esters is 1. The Morgan fingerprint density at radius 2 is 1.88 bits per heavy atom. The van der Waals surface area contributed by atoms with E-state index < -0.39 is 11.6 Å². The third-order valence-corrected chi connectivity index (χ3v) is 4.80. The van der Waals surface area contributed by atoms with Crippen molar-refractivity contribution in [2.75, 3.05) is 0 Å². The van der Waals surface area contributed by atoms with E-state index in [4.69, 9.17) is 4.74 Å². The fourth-order valence-electron chi connectivity index (χ4n) is 2.99. The van der Waals surface area contributed by atoms with Gasteiger partial charge < -0.3 is 9.64 Å². The van der Waals surface area contributed by atoms with Gasteiger partial charge in [0.2, 0.25) is 0 Å². The number of carbonyl (C=O) groups is 2. The topological polar surface area (TPSA) is 46.6 Å². The van der Waals surface area contributed by atoms with E-state index in [0.29, 0.717) is 18.5 Å². The molecule has 1 atom stereocenters. The molecule has 24 heavy (non-hydrogen) atoms. The second kappa shape index (κ2) is 6.27. The number of hydrogen-bond donors (Lipinski definition) is 0. The highest BCUT2D eigenvalue weighted by Crippen LogP contribution is 2.42. The number of Topliss-reactive ketones (excluding diaryl/α,β-unsaturated/α-hetero) is 1. The van der Waals surface area contributed by atoms with Crippen LogP contribution in [0.5, 0.6) is 0 Å². The van der Waals surface area contributed by atoms with Gasteiger partial charge in [0.05, 0.1) is 6.04 Å². The Hall–Kier alpha value is -2.36. The zero-order chi connectivity index (χ0) is 17.3. The molecule has 4 heteroatoms. The van der Waals surface area contributed by atoms with Crippen LogP contribution >= 0.6 is 0 Å². The van der Waals surface area contributed by atoms with Gasteiger partial charge in [-0.05, 0) is 51.7 Å². The van der Waals surface area contributed by atoms with Crippen molar-refractivity contribution in [3.8, 4) is 0 Å². The lowest BCUT2D eigenvalue weighted by atomic mass is 10.0. The van der Waals surface area contributed by atoms with Crippen LogP contribution < -0.4 is 0 Å². The molecule has 0 N–H and O–H groups in total. The molecule has 1 aliphatic heterocycles. The molecule has 0 saturated heterocycles. The summed E-state index contributed by atoms with van der Waals surface area (Å²) in [6.07, 6.45) is 5.87. The number of nitrogens with zero attached hydrogens (tertiary/aromatic N) is 1. The minimum Gasteiger partial charge on any atom is -0.446 e. The van der Waals surface area contributed by atoms with Crippen molar-refractivity contribution in [2.24, 2.45) is 0 Å². The van der Waals surface area contributed by atoms with Crippen LogP contribution in [0.3, 0.4) is 0 Å². The highest BCUT2D eigenvalue weighted by molar-refractivity contribution is 5.95. The first kappa shape index (κ1) is 16.5.